The minimum atomic E-state index is -3.72. The molecule has 26 heavy (non-hydrogen) atoms. The molecule has 0 saturated heterocycles. The van der Waals surface area contributed by atoms with Crippen molar-refractivity contribution < 1.29 is 21.9 Å². The Balaban J connectivity index is 1.65. The van der Waals surface area contributed by atoms with Gasteiger partial charge in [0.25, 0.3) is 6.43 Å². The van der Waals surface area contributed by atoms with Gasteiger partial charge in [0.1, 0.15) is 18.2 Å². The first-order valence-corrected chi connectivity index (χ1v) is 9.81. The number of hydrogen-bond donors (Lipinski definition) is 1. The van der Waals surface area contributed by atoms with Crippen LogP contribution in [0.1, 0.15) is 25.0 Å². The van der Waals surface area contributed by atoms with Gasteiger partial charge in [-0.05, 0) is 30.7 Å². The summed E-state index contributed by atoms with van der Waals surface area (Å²) < 4.78 is 58.6. The Morgan fingerprint density at radius 3 is 2.73 bits per heavy atom. The Morgan fingerprint density at radius 2 is 2.08 bits per heavy atom. The summed E-state index contributed by atoms with van der Waals surface area (Å²) in [6, 6.07) is 5.11. The Kier molecular flexibility index (Phi) is 5.52. The molecule has 1 aliphatic heterocycles. The van der Waals surface area contributed by atoms with Gasteiger partial charge in [0, 0.05) is 18.9 Å². The lowest BCUT2D eigenvalue weighted by Gasteiger charge is -2.23. The predicted octanol–water partition coefficient (Wildman–Crippen LogP) is 1.78. The lowest BCUT2D eigenvalue weighted by atomic mass is 10.1. The van der Waals surface area contributed by atoms with E-state index in [2.05, 4.69) is 14.8 Å². The van der Waals surface area contributed by atoms with E-state index >= 15 is 0 Å². The summed E-state index contributed by atoms with van der Waals surface area (Å²) in [6.07, 6.45) is -0.561. The fraction of sp³-hybridized carbons (Fsp3) is 0.500. The zero-order valence-electron chi connectivity index (χ0n) is 14.2. The lowest BCUT2D eigenvalue weighted by Crippen LogP contribution is -2.41. The molecule has 1 aliphatic rings. The van der Waals surface area contributed by atoms with Gasteiger partial charge < -0.3 is 4.74 Å². The third-order valence-electron chi connectivity index (χ3n) is 4.05. The number of sulfonamides is 1. The normalized spacial score (nSPS) is 17.3. The third-order valence-corrected chi connectivity index (χ3v) is 5.59. The number of alkyl halides is 2. The molecule has 1 aromatic heterocycles. The van der Waals surface area contributed by atoms with Crippen molar-refractivity contribution in [2.24, 2.45) is 0 Å². The number of aromatic nitrogens is 3. The number of halogens is 2. The number of fused-ring (bicyclic) bond motifs is 1. The lowest BCUT2D eigenvalue weighted by molar-refractivity contribution is 0.0819. The SMILES string of the molecule is CCc1nc2n(n1)C[C@@H](NS(=O)(=O)c1ccc(OCC(F)F)cc1)CC2. The van der Waals surface area contributed by atoms with E-state index in [1.165, 1.54) is 24.3 Å². The predicted molar refractivity (Wildman–Crippen MR) is 89.8 cm³/mol. The van der Waals surface area contributed by atoms with Crippen molar-refractivity contribution in [1.82, 2.24) is 19.5 Å². The molecule has 142 valence electrons. The molecule has 0 aliphatic carbocycles. The van der Waals surface area contributed by atoms with E-state index in [1.54, 1.807) is 4.68 Å². The molecule has 1 aromatic carbocycles. The topological polar surface area (TPSA) is 86.1 Å². The van der Waals surface area contributed by atoms with E-state index in [9.17, 15) is 17.2 Å². The first-order valence-electron chi connectivity index (χ1n) is 8.33. The van der Waals surface area contributed by atoms with E-state index < -0.39 is 23.1 Å². The maximum absolute atomic E-state index is 12.5. The van der Waals surface area contributed by atoms with Gasteiger partial charge in [0.05, 0.1) is 11.4 Å². The van der Waals surface area contributed by atoms with Crippen LogP contribution in [0.2, 0.25) is 0 Å². The van der Waals surface area contributed by atoms with E-state index in [1.807, 2.05) is 6.92 Å². The Morgan fingerprint density at radius 1 is 1.35 bits per heavy atom. The Bertz CT molecular complexity index is 853. The smallest absolute Gasteiger partial charge is 0.272 e. The van der Waals surface area contributed by atoms with Crippen molar-refractivity contribution >= 4 is 10.0 Å². The Hall–Kier alpha value is -2.07. The van der Waals surface area contributed by atoms with Crippen molar-refractivity contribution in [3.05, 3.63) is 35.9 Å². The van der Waals surface area contributed by atoms with Crippen molar-refractivity contribution in [3.63, 3.8) is 0 Å². The molecule has 3 rings (SSSR count). The fourth-order valence-corrected chi connectivity index (χ4v) is 4.03. The molecule has 7 nitrogen and oxygen atoms in total. The number of nitrogens with one attached hydrogen (secondary N) is 1. The number of benzene rings is 1. The van der Waals surface area contributed by atoms with Crippen LogP contribution in [-0.2, 0) is 29.4 Å². The molecule has 1 N–H and O–H groups in total. The molecule has 0 unspecified atom stereocenters. The summed E-state index contributed by atoms with van der Waals surface area (Å²) in [5, 5.41) is 4.36. The van der Waals surface area contributed by atoms with Crippen molar-refractivity contribution in [2.45, 2.75) is 50.1 Å². The van der Waals surface area contributed by atoms with E-state index in [4.69, 9.17) is 4.74 Å². The quantitative estimate of drug-likeness (QED) is 0.784. The highest BCUT2D eigenvalue weighted by Crippen LogP contribution is 2.19. The highest BCUT2D eigenvalue weighted by molar-refractivity contribution is 7.89. The van der Waals surface area contributed by atoms with Gasteiger partial charge in [0.15, 0.2) is 5.82 Å². The number of ether oxygens (including phenoxy) is 1. The maximum Gasteiger partial charge on any atom is 0.272 e. The van der Waals surface area contributed by atoms with Gasteiger partial charge in [-0.25, -0.2) is 31.6 Å². The molecule has 2 aromatic rings. The largest absolute Gasteiger partial charge is 0.488 e. The molecule has 1 atom stereocenters. The molecule has 0 radical (unpaired) electrons. The summed E-state index contributed by atoms with van der Waals surface area (Å²) in [5.74, 6) is 1.82. The third kappa shape index (κ3) is 4.36. The van der Waals surface area contributed by atoms with Crippen molar-refractivity contribution in [1.29, 1.82) is 0 Å². The summed E-state index contributed by atoms with van der Waals surface area (Å²) in [7, 11) is -3.72. The second-order valence-corrected chi connectivity index (χ2v) is 7.72. The minimum absolute atomic E-state index is 0.0560. The summed E-state index contributed by atoms with van der Waals surface area (Å²) in [6.45, 7) is 1.67. The monoisotopic (exact) mass is 386 g/mol. The molecule has 2 heterocycles. The van der Waals surface area contributed by atoms with Gasteiger partial charge in [0.2, 0.25) is 10.0 Å². The summed E-state index contributed by atoms with van der Waals surface area (Å²) in [4.78, 5) is 4.46. The number of hydrogen-bond acceptors (Lipinski definition) is 5. The maximum atomic E-state index is 12.5. The van der Waals surface area contributed by atoms with Crippen LogP contribution in [0, 0.1) is 0 Å². The van der Waals surface area contributed by atoms with Crippen LogP contribution >= 0.6 is 0 Å². The van der Waals surface area contributed by atoms with Gasteiger partial charge in [-0.1, -0.05) is 6.92 Å². The van der Waals surface area contributed by atoms with Crippen LogP contribution in [0.25, 0.3) is 0 Å². The van der Waals surface area contributed by atoms with E-state index in [-0.39, 0.29) is 16.7 Å². The Labute approximate surface area is 150 Å². The number of aryl methyl sites for hydroxylation is 2. The molecule has 0 saturated carbocycles. The average Bonchev–Trinajstić information content (AvgIpc) is 3.02. The number of nitrogens with zero attached hydrogens (tertiary/aromatic N) is 3. The number of rotatable bonds is 7. The molecule has 0 bridgehead atoms. The standard InChI is InChI=1S/C16H20F2N4O3S/c1-2-15-19-16-8-3-11(9-22(16)20-15)21-26(23,24)13-6-4-12(5-7-13)25-10-14(17)18/h4-7,11,14,21H,2-3,8-10H2,1H3/t11-/m0/s1. The second kappa shape index (κ2) is 7.67. The van der Waals surface area contributed by atoms with E-state index in [0.717, 1.165) is 18.1 Å². The van der Waals surface area contributed by atoms with Crippen LogP contribution in [0.4, 0.5) is 8.78 Å². The second-order valence-electron chi connectivity index (χ2n) is 6.01. The van der Waals surface area contributed by atoms with Crippen LogP contribution in [0.15, 0.2) is 29.2 Å². The van der Waals surface area contributed by atoms with Gasteiger partial charge in [-0.2, -0.15) is 5.10 Å². The van der Waals surface area contributed by atoms with Crippen molar-refractivity contribution in [2.75, 3.05) is 6.61 Å². The highest BCUT2D eigenvalue weighted by Gasteiger charge is 2.26. The molecular formula is C16H20F2N4O3S. The molecule has 0 fully saturated rings. The first-order chi connectivity index (χ1) is 12.4. The molecule has 0 amide bonds. The van der Waals surface area contributed by atoms with E-state index in [0.29, 0.717) is 19.4 Å². The molecule has 10 heteroatoms. The average molecular weight is 386 g/mol. The van der Waals surface area contributed by atoms with Crippen LogP contribution < -0.4 is 9.46 Å². The zero-order chi connectivity index (χ0) is 18.7. The van der Waals surface area contributed by atoms with Crippen molar-refractivity contribution in [3.8, 4) is 5.75 Å². The zero-order valence-corrected chi connectivity index (χ0v) is 15.0. The van der Waals surface area contributed by atoms with Gasteiger partial charge in [-0.15, -0.1) is 0 Å². The van der Waals surface area contributed by atoms with Gasteiger partial charge >= 0.3 is 0 Å². The first kappa shape index (κ1) is 18.7. The molecular weight excluding hydrogens is 366 g/mol. The minimum Gasteiger partial charge on any atom is -0.488 e. The van der Waals surface area contributed by atoms with Crippen LogP contribution in [0.3, 0.4) is 0 Å². The summed E-state index contributed by atoms with van der Waals surface area (Å²) in [5.41, 5.74) is 0. The van der Waals surface area contributed by atoms with Crippen LogP contribution in [-0.4, -0.2) is 42.3 Å². The van der Waals surface area contributed by atoms with Crippen LogP contribution in [0.5, 0.6) is 5.75 Å². The fourth-order valence-electron chi connectivity index (χ4n) is 2.77. The summed E-state index contributed by atoms with van der Waals surface area (Å²) >= 11 is 0. The molecule has 0 spiro atoms. The highest BCUT2D eigenvalue weighted by atomic mass is 32.2. The van der Waals surface area contributed by atoms with Gasteiger partial charge in [-0.3, -0.25) is 0 Å².